The Hall–Kier alpha value is -4.80. The van der Waals surface area contributed by atoms with Gasteiger partial charge < -0.3 is 4.74 Å². The van der Waals surface area contributed by atoms with Crippen molar-refractivity contribution < 1.29 is 4.74 Å². The Balaban J connectivity index is 1.39. The summed E-state index contributed by atoms with van der Waals surface area (Å²) in [5.41, 5.74) is 8.32. The minimum atomic E-state index is -0.498. The van der Waals surface area contributed by atoms with Crippen molar-refractivity contribution in [1.29, 1.82) is 0 Å². The summed E-state index contributed by atoms with van der Waals surface area (Å²) in [5, 5.41) is 0.170. The van der Waals surface area contributed by atoms with E-state index < -0.39 is 5.41 Å². The molecule has 0 N–H and O–H groups in total. The van der Waals surface area contributed by atoms with E-state index in [0.717, 1.165) is 39.3 Å². The third-order valence-corrected chi connectivity index (χ3v) is 7.91. The van der Waals surface area contributed by atoms with Crippen molar-refractivity contribution in [3.63, 3.8) is 0 Å². The van der Waals surface area contributed by atoms with Crippen LogP contribution in [0.2, 0.25) is 5.28 Å². The number of hydrogen-bond donors (Lipinski definition) is 0. The molecule has 8 rings (SSSR count). The quantitative estimate of drug-likeness (QED) is 0.229. The lowest BCUT2D eigenvalue weighted by Gasteiger charge is -2.39. The van der Waals surface area contributed by atoms with E-state index in [2.05, 4.69) is 88.8 Å². The van der Waals surface area contributed by atoms with Crippen LogP contribution in [-0.2, 0) is 5.41 Å². The number of nitrogens with zero attached hydrogens (tertiary/aromatic N) is 3. The van der Waals surface area contributed by atoms with Gasteiger partial charge in [0.25, 0.3) is 0 Å². The monoisotopic (exact) mass is 521 g/mol. The first-order chi connectivity index (χ1) is 19.2. The molecule has 0 unspecified atom stereocenters. The maximum absolute atomic E-state index is 6.41. The van der Waals surface area contributed by atoms with Crippen LogP contribution in [0.4, 0.5) is 0 Å². The summed E-state index contributed by atoms with van der Waals surface area (Å²) < 4.78 is 6.41. The normalized spacial score (nSPS) is 13.7. The first-order valence-corrected chi connectivity index (χ1v) is 13.2. The van der Waals surface area contributed by atoms with Crippen LogP contribution < -0.4 is 4.74 Å². The molecular weight excluding hydrogens is 502 g/mol. The van der Waals surface area contributed by atoms with Crippen molar-refractivity contribution in [2.45, 2.75) is 5.41 Å². The van der Waals surface area contributed by atoms with Gasteiger partial charge in [0.1, 0.15) is 11.5 Å². The second-order valence-electron chi connectivity index (χ2n) is 9.77. The average Bonchev–Trinajstić information content (AvgIpc) is 3.28. The molecule has 1 aliphatic heterocycles. The summed E-state index contributed by atoms with van der Waals surface area (Å²) in [4.78, 5) is 13.7. The fourth-order valence-electron chi connectivity index (χ4n) is 6.19. The number of fused-ring (bicyclic) bond motifs is 9. The van der Waals surface area contributed by atoms with Gasteiger partial charge in [-0.05, 0) is 52.1 Å². The first kappa shape index (κ1) is 22.2. The van der Waals surface area contributed by atoms with Crippen LogP contribution in [0.3, 0.4) is 0 Å². The van der Waals surface area contributed by atoms with Crippen LogP contribution in [0.15, 0.2) is 121 Å². The van der Waals surface area contributed by atoms with Gasteiger partial charge in [0.05, 0.1) is 5.41 Å². The highest BCUT2D eigenvalue weighted by molar-refractivity contribution is 6.28. The SMILES string of the molecule is Clc1nc(-c2ccccc2)nc(-c2ccc3c(c2)-c2ccccc2C32c3ccccc3Oc3ccccc32)n1. The molecule has 0 bridgehead atoms. The van der Waals surface area contributed by atoms with Gasteiger partial charge in [-0.2, -0.15) is 9.97 Å². The molecule has 4 nitrogen and oxygen atoms in total. The molecule has 2 aliphatic rings. The molecule has 2 heterocycles. The first-order valence-electron chi connectivity index (χ1n) is 12.8. The summed E-state index contributed by atoms with van der Waals surface area (Å²) >= 11 is 6.40. The third kappa shape index (κ3) is 3.16. The van der Waals surface area contributed by atoms with E-state index in [0.29, 0.717) is 11.6 Å². The highest BCUT2D eigenvalue weighted by Crippen LogP contribution is 2.62. The topological polar surface area (TPSA) is 47.9 Å². The molecule has 0 radical (unpaired) electrons. The van der Waals surface area contributed by atoms with E-state index >= 15 is 0 Å². The van der Waals surface area contributed by atoms with Crippen molar-refractivity contribution in [3.8, 4) is 45.4 Å². The van der Waals surface area contributed by atoms with Gasteiger partial charge in [-0.3, -0.25) is 0 Å². The summed E-state index contributed by atoms with van der Waals surface area (Å²) in [7, 11) is 0. The fraction of sp³-hybridized carbons (Fsp3) is 0.0294. The van der Waals surface area contributed by atoms with Gasteiger partial charge >= 0.3 is 0 Å². The van der Waals surface area contributed by atoms with E-state index in [9.17, 15) is 0 Å². The minimum Gasteiger partial charge on any atom is -0.457 e. The lowest BCUT2D eigenvalue weighted by Crippen LogP contribution is -2.32. The number of hydrogen-bond acceptors (Lipinski definition) is 4. The molecule has 184 valence electrons. The molecule has 0 fully saturated rings. The van der Waals surface area contributed by atoms with Crippen LogP contribution in [0.5, 0.6) is 11.5 Å². The van der Waals surface area contributed by atoms with Crippen LogP contribution in [-0.4, -0.2) is 15.0 Å². The predicted octanol–water partition coefficient (Wildman–Crippen LogP) is 8.33. The molecular formula is C34H20ClN3O. The molecule has 0 amide bonds. The van der Waals surface area contributed by atoms with E-state index in [1.165, 1.54) is 16.7 Å². The number of para-hydroxylation sites is 2. The van der Waals surface area contributed by atoms with Gasteiger partial charge in [-0.25, -0.2) is 4.98 Å². The standard InChI is InChI=1S/C34H20ClN3O/c35-33-37-31(21-10-2-1-3-11-21)36-32(38-33)22-18-19-26-24(20-22)23-12-4-5-13-25(23)34(26)27-14-6-8-16-29(27)39-30-17-9-7-15-28(30)34/h1-20H. The Morgan fingerprint density at radius 1 is 0.487 bits per heavy atom. The molecule has 0 saturated heterocycles. The van der Waals surface area contributed by atoms with Crippen molar-refractivity contribution in [1.82, 2.24) is 15.0 Å². The molecule has 39 heavy (non-hydrogen) atoms. The zero-order chi connectivity index (χ0) is 26.0. The molecule has 1 spiro atoms. The third-order valence-electron chi connectivity index (χ3n) is 7.75. The molecule has 5 heteroatoms. The van der Waals surface area contributed by atoms with E-state index in [4.69, 9.17) is 21.3 Å². The Morgan fingerprint density at radius 3 is 1.77 bits per heavy atom. The summed E-state index contributed by atoms with van der Waals surface area (Å²) in [6.07, 6.45) is 0. The van der Waals surface area contributed by atoms with Gasteiger partial charge in [0.2, 0.25) is 5.28 Å². The second kappa shape index (κ2) is 8.35. The van der Waals surface area contributed by atoms with Crippen molar-refractivity contribution in [3.05, 3.63) is 149 Å². The Kier molecular flexibility index (Phi) is 4.76. The number of aromatic nitrogens is 3. The highest BCUT2D eigenvalue weighted by atomic mass is 35.5. The zero-order valence-electron chi connectivity index (χ0n) is 20.7. The Bertz CT molecular complexity index is 1870. The van der Waals surface area contributed by atoms with Crippen LogP contribution in [0.1, 0.15) is 22.3 Å². The summed E-state index contributed by atoms with van der Waals surface area (Å²) in [6.45, 7) is 0. The molecule has 0 atom stereocenters. The van der Waals surface area contributed by atoms with Gasteiger partial charge in [-0.15, -0.1) is 0 Å². The number of rotatable bonds is 2. The molecule has 6 aromatic rings. The lowest BCUT2D eigenvalue weighted by atomic mass is 9.66. The van der Waals surface area contributed by atoms with Crippen molar-refractivity contribution >= 4 is 11.6 Å². The van der Waals surface area contributed by atoms with Crippen molar-refractivity contribution in [2.75, 3.05) is 0 Å². The maximum atomic E-state index is 6.41. The van der Waals surface area contributed by atoms with E-state index in [1.807, 2.05) is 42.5 Å². The Labute approximate surface area is 230 Å². The summed E-state index contributed by atoms with van der Waals surface area (Å²) in [6, 6.07) is 41.7. The lowest BCUT2D eigenvalue weighted by molar-refractivity contribution is 0.436. The minimum absolute atomic E-state index is 0.170. The number of ether oxygens (including phenoxy) is 1. The van der Waals surface area contributed by atoms with Crippen LogP contribution >= 0.6 is 11.6 Å². The van der Waals surface area contributed by atoms with Gasteiger partial charge in [0, 0.05) is 22.3 Å². The smallest absolute Gasteiger partial charge is 0.226 e. The van der Waals surface area contributed by atoms with Gasteiger partial charge in [-0.1, -0.05) is 103 Å². The average molecular weight is 522 g/mol. The number of halogens is 1. The van der Waals surface area contributed by atoms with E-state index in [-0.39, 0.29) is 5.28 Å². The second-order valence-corrected chi connectivity index (χ2v) is 10.1. The van der Waals surface area contributed by atoms with E-state index in [1.54, 1.807) is 0 Å². The largest absolute Gasteiger partial charge is 0.457 e. The molecule has 1 aliphatic carbocycles. The summed E-state index contributed by atoms with van der Waals surface area (Å²) in [5.74, 6) is 2.84. The van der Waals surface area contributed by atoms with Gasteiger partial charge in [0.15, 0.2) is 11.6 Å². The Morgan fingerprint density at radius 2 is 1.05 bits per heavy atom. The molecule has 1 aromatic heterocycles. The van der Waals surface area contributed by atoms with Crippen LogP contribution in [0.25, 0.3) is 33.9 Å². The predicted molar refractivity (Wildman–Crippen MR) is 153 cm³/mol. The highest BCUT2D eigenvalue weighted by Gasteiger charge is 2.50. The maximum Gasteiger partial charge on any atom is 0.226 e. The molecule has 0 saturated carbocycles. The van der Waals surface area contributed by atoms with Crippen molar-refractivity contribution in [2.24, 2.45) is 0 Å². The fourth-order valence-corrected chi connectivity index (χ4v) is 6.35. The zero-order valence-corrected chi connectivity index (χ0v) is 21.4. The molecule has 5 aromatic carbocycles. The van der Waals surface area contributed by atoms with Crippen LogP contribution in [0, 0.1) is 0 Å². The number of benzene rings is 5.